The molecule has 0 aliphatic rings. The molecule has 4 atom stereocenters. The number of nitrogens with one attached hydrogen (secondary N) is 1. The van der Waals surface area contributed by atoms with E-state index in [0.717, 1.165) is 38.5 Å². The fraction of sp³-hybridized carbons (Fsp3) is 0.614. The standard InChI is InChI=1S/C44H75N2O7P/c1-6-8-10-12-14-15-16-17-21-24-28-32-36-43(48)42(40-53-54(50,51)52-39-38-46(3,4)5)45-44(49)37-33-29-25-22-19-18-20-23-27-31-35-41(47)34-30-26-13-11-9-7-2/h9,11,17-19,21,23,25-27,29-32,35-36,41-43,47-48H,6-8,10,12-16,20,22,24,28,33-34,37-40H2,1-5H3,(H-,45,49,50,51)/b11-9-,19-18-,21-17-,27-23-,29-25-,30-26-,35-31+,36-32+/t41?,42-,43+/m0/s1. The van der Waals surface area contributed by atoms with Crippen LogP contribution in [-0.4, -0.2) is 79.8 Å². The zero-order chi connectivity index (χ0) is 40.2. The highest BCUT2D eigenvalue weighted by molar-refractivity contribution is 7.45. The quantitative estimate of drug-likeness (QED) is 0.0196. The largest absolute Gasteiger partial charge is 0.756 e. The van der Waals surface area contributed by atoms with Crippen molar-refractivity contribution in [3.63, 3.8) is 0 Å². The number of carbonyl (C=O) groups excluding carboxylic acids is 1. The van der Waals surface area contributed by atoms with Crippen LogP contribution in [-0.2, 0) is 18.4 Å². The van der Waals surface area contributed by atoms with Crippen LogP contribution in [0.2, 0.25) is 0 Å². The number of rotatable bonds is 34. The van der Waals surface area contributed by atoms with Gasteiger partial charge in [-0.2, -0.15) is 0 Å². The molecule has 54 heavy (non-hydrogen) atoms. The van der Waals surface area contributed by atoms with Gasteiger partial charge in [0.25, 0.3) is 7.82 Å². The molecule has 2 unspecified atom stereocenters. The molecule has 0 saturated carbocycles. The molecular weight excluding hydrogens is 699 g/mol. The highest BCUT2D eigenvalue weighted by Gasteiger charge is 2.23. The van der Waals surface area contributed by atoms with Crippen LogP contribution in [0.3, 0.4) is 0 Å². The minimum Gasteiger partial charge on any atom is -0.756 e. The Hall–Kier alpha value is -2.62. The SMILES string of the molecule is CC/C=C\C/C=C\CC(O)/C=C/C=C\C/C=C\C/C=C\CCC(=O)N[C@@H](COP(=O)([O-])OCC[N+](C)(C)C)[C@H](O)/C=C/CC/C=C\CCCCCCCC. The lowest BCUT2D eigenvalue weighted by Crippen LogP contribution is -2.45. The first kappa shape index (κ1) is 51.4. The van der Waals surface area contributed by atoms with E-state index in [4.69, 9.17) is 9.05 Å². The second-order valence-corrected chi connectivity index (χ2v) is 15.9. The van der Waals surface area contributed by atoms with Gasteiger partial charge in [-0.05, 0) is 64.2 Å². The summed E-state index contributed by atoms with van der Waals surface area (Å²) in [5.41, 5.74) is 0. The Labute approximate surface area is 329 Å². The second-order valence-electron chi connectivity index (χ2n) is 14.4. The average molecular weight is 775 g/mol. The Morgan fingerprint density at radius 2 is 1.33 bits per heavy atom. The summed E-state index contributed by atoms with van der Waals surface area (Å²) in [6, 6.07) is -0.964. The maximum atomic E-state index is 12.8. The lowest BCUT2D eigenvalue weighted by atomic mass is 10.1. The number of amides is 1. The second kappa shape index (κ2) is 34.8. The van der Waals surface area contributed by atoms with Crippen molar-refractivity contribution in [1.82, 2.24) is 5.32 Å². The molecule has 0 radical (unpaired) electrons. The van der Waals surface area contributed by atoms with Gasteiger partial charge in [0.1, 0.15) is 13.2 Å². The topological polar surface area (TPSA) is 128 Å². The average Bonchev–Trinajstić information content (AvgIpc) is 3.11. The van der Waals surface area contributed by atoms with E-state index in [0.29, 0.717) is 30.3 Å². The van der Waals surface area contributed by atoms with Gasteiger partial charge in [-0.15, -0.1) is 0 Å². The molecule has 308 valence electrons. The summed E-state index contributed by atoms with van der Waals surface area (Å²) in [5, 5.41) is 23.6. The molecule has 0 aromatic rings. The van der Waals surface area contributed by atoms with Crippen LogP contribution in [0.4, 0.5) is 0 Å². The van der Waals surface area contributed by atoms with Gasteiger partial charge in [0.2, 0.25) is 5.91 Å². The van der Waals surface area contributed by atoms with E-state index in [-0.39, 0.29) is 18.9 Å². The predicted octanol–water partition coefficient (Wildman–Crippen LogP) is 9.13. The minimum absolute atomic E-state index is 0.0349. The molecule has 10 heteroatoms. The Morgan fingerprint density at radius 1 is 0.722 bits per heavy atom. The van der Waals surface area contributed by atoms with Crippen LogP contribution >= 0.6 is 7.82 Å². The summed E-state index contributed by atoms with van der Waals surface area (Å²) in [5.74, 6) is -0.316. The highest BCUT2D eigenvalue weighted by atomic mass is 31.2. The van der Waals surface area contributed by atoms with E-state index in [1.54, 1.807) is 12.2 Å². The Morgan fingerprint density at radius 3 is 2.06 bits per heavy atom. The van der Waals surface area contributed by atoms with Gasteiger partial charge in [0.05, 0.1) is 46.0 Å². The summed E-state index contributed by atoms with van der Waals surface area (Å²) in [6.45, 7) is 4.32. The normalized spacial score (nSPS) is 16.1. The first-order valence-corrected chi connectivity index (χ1v) is 21.7. The number of phosphoric acid groups is 1. The van der Waals surface area contributed by atoms with Crippen LogP contribution in [0.25, 0.3) is 0 Å². The Bertz CT molecular complexity index is 1210. The third kappa shape index (κ3) is 36.4. The van der Waals surface area contributed by atoms with Gasteiger partial charge >= 0.3 is 0 Å². The van der Waals surface area contributed by atoms with Gasteiger partial charge in [-0.25, -0.2) is 0 Å². The first-order valence-electron chi connectivity index (χ1n) is 20.2. The highest BCUT2D eigenvalue weighted by Crippen LogP contribution is 2.38. The number of aliphatic hydroxyl groups excluding tert-OH is 2. The molecule has 0 rings (SSSR count). The van der Waals surface area contributed by atoms with Gasteiger partial charge in [0.15, 0.2) is 0 Å². The van der Waals surface area contributed by atoms with Gasteiger partial charge < -0.3 is 34.0 Å². The predicted molar refractivity (Wildman–Crippen MR) is 225 cm³/mol. The maximum Gasteiger partial charge on any atom is 0.268 e. The smallest absolute Gasteiger partial charge is 0.268 e. The lowest BCUT2D eigenvalue weighted by Gasteiger charge is -2.29. The van der Waals surface area contributed by atoms with Crippen LogP contribution < -0.4 is 10.2 Å². The number of hydrogen-bond acceptors (Lipinski definition) is 7. The monoisotopic (exact) mass is 775 g/mol. The molecule has 0 fully saturated rings. The van der Waals surface area contributed by atoms with Gasteiger partial charge in [-0.1, -0.05) is 143 Å². The summed E-state index contributed by atoms with van der Waals surface area (Å²) in [4.78, 5) is 25.2. The van der Waals surface area contributed by atoms with Gasteiger partial charge in [-0.3, -0.25) is 9.36 Å². The number of hydrogen-bond donors (Lipinski definition) is 3. The van der Waals surface area contributed by atoms with Crippen LogP contribution in [0.1, 0.15) is 117 Å². The fourth-order valence-electron chi connectivity index (χ4n) is 4.86. The number of phosphoric ester groups is 1. The molecule has 0 saturated heterocycles. The Balaban J connectivity index is 4.74. The Kier molecular flexibility index (Phi) is 33.1. The van der Waals surface area contributed by atoms with Crippen LogP contribution in [0, 0.1) is 0 Å². The summed E-state index contributed by atoms with van der Waals surface area (Å²) in [6.07, 6.45) is 45.0. The number of aliphatic hydroxyl groups is 2. The molecule has 3 N–H and O–H groups in total. The van der Waals surface area contributed by atoms with Crippen molar-refractivity contribution in [1.29, 1.82) is 0 Å². The summed E-state index contributed by atoms with van der Waals surface area (Å²) in [7, 11) is 1.14. The maximum absolute atomic E-state index is 12.8. The van der Waals surface area contributed by atoms with Crippen molar-refractivity contribution in [2.24, 2.45) is 0 Å². The van der Waals surface area contributed by atoms with Crippen molar-refractivity contribution in [2.75, 3.05) is 40.9 Å². The molecular formula is C44H75N2O7P. The molecule has 0 aliphatic carbocycles. The van der Waals surface area contributed by atoms with Crippen LogP contribution in [0.15, 0.2) is 97.2 Å². The van der Waals surface area contributed by atoms with Crippen molar-refractivity contribution in [3.05, 3.63) is 97.2 Å². The zero-order valence-electron chi connectivity index (χ0n) is 34.2. The molecule has 9 nitrogen and oxygen atoms in total. The van der Waals surface area contributed by atoms with Crippen molar-refractivity contribution in [2.45, 2.75) is 135 Å². The molecule has 0 bridgehead atoms. The van der Waals surface area contributed by atoms with Crippen LogP contribution in [0.5, 0.6) is 0 Å². The van der Waals surface area contributed by atoms with E-state index in [9.17, 15) is 24.5 Å². The molecule has 0 spiro atoms. The number of allylic oxidation sites excluding steroid dienone is 13. The molecule has 0 heterocycles. The van der Waals surface area contributed by atoms with Gasteiger partial charge in [0, 0.05) is 6.42 Å². The van der Waals surface area contributed by atoms with Crippen molar-refractivity contribution >= 4 is 13.7 Å². The minimum atomic E-state index is -4.63. The van der Waals surface area contributed by atoms with E-state index < -0.39 is 32.7 Å². The van der Waals surface area contributed by atoms with Crippen molar-refractivity contribution < 1.29 is 38.0 Å². The van der Waals surface area contributed by atoms with E-state index in [1.807, 2.05) is 69.8 Å². The molecule has 0 aromatic heterocycles. The van der Waals surface area contributed by atoms with E-state index >= 15 is 0 Å². The zero-order valence-corrected chi connectivity index (χ0v) is 35.1. The van der Waals surface area contributed by atoms with E-state index in [2.05, 4.69) is 55.6 Å². The number of nitrogens with zero attached hydrogens (tertiary/aromatic N) is 1. The number of likely N-dealkylation sites (N-methyl/N-ethyl adjacent to an activating group) is 1. The molecule has 1 amide bonds. The molecule has 0 aromatic carbocycles. The number of carbonyl (C=O) groups is 1. The summed E-state index contributed by atoms with van der Waals surface area (Å²) >= 11 is 0. The lowest BCUT2D eigenvalue weighted by molar-refractivity contribution is -0.870. The molecule has 0 aliphatic heterocycles. The number of quaternary nitrogens is 1. The third-order valence-electron chi connectivity index (χ3n) is 8.12. The third-order valence-corrected chi connectivity index (χ3v) is 9.09. The summed E-state index contributed by atoms with van der Waals surface area (Å²) < 4.78 is 23.0. The van der Waals surface area contributed by atoms with E-state index in [1.165, 1.54) is 38.5 Å². The van der Waals surface area contributed by atoms with Crippen molar-refractivity contribution in [3.8, 4) is 0 Å². The first-order chi connectivity index (χ1) is 25.9. The number of unbranched alkanes of at least 4 members (excludes halogenated alkanes) is 7. The fourth-order valence-corrected chi connectivity index (χ4v) is 5.58.